The Labute approximate surface area is 127 Å². The first-order valence-electron chi connectivity index (χ1n) is 8.11. The molecule has 5 heteroatoms. The van der Waals surface area contributed by atoms with E-state index >= 15 is 0 Å². The summed E-state index contributed by atoms with van der Waals surface area (Å²) >= 11 is 0. The maximum Gasteiger partial charge on any atom is 0.221 e. The first-order chi connectivity index (χ1) is 10.2. The Kier molecular flexibility index (Phi) is 4.29. The number of nitrogens with one attached hydrogen (secondary N) is 1. The van der Waals surface area contributed by atoms with Gasteiger partial charge < -0.3 is 15.0 Å². The number of piperidine rings is 1. The van der Waals surface area contributed by atoms with Gasteiger partial charge in [0.25, 0.3) is 0 Å². The van der Waals surface area contributed by atoms with Crippen LogP contribution in [0.3, 0.4) is 0 Å². The number of rotatable bonds is 5. The number of nitrogens with zero attached hydrogens (tertiary/aromatic N) is 3. The van der Waals surface area contributed by atoms with Gasteiger partial charge in [-0.1, -0.05) is 6.92 Å². The van der Waals surface area contributed by atoms with Crippen LogP contribution in [-0.2, 0) is 0 Å². The number of hydrogen-bond acceptors (Lipinski definition) is 5. The molecule has 21 heavy (non-hydrogen) atoms. The van der Waals surface area contributed by atoms with E-state index in [0.29, 0.717) is 24.0 Å². The Bertz CT molecular complexity index is 481. The minimum atomic E-state index is 0.585. The third-order valence-electron chi connectivity index (χ3n) is 4.83. The van der Waals surface area contributed by atoms with E-state index in [-0.39, 0.29) is 0 Å². The molecule has 2 fully saturated rings. The maximum absolute atomic E-state index is 5.37. The van der Waals surface area contributed by atoms with Crippen molar-refractivity contribution in [1.29, 1.82) is 0 Å². The molecule has 0 saturated carbocycles. The van der Waals surface area contributed by atoms with Crippen molar-refractivity contribution in [2.24, 2.45) is 0 Å². The number of anilines is 1. The standard InChI is InChI=1S/C16H26N4O/c1-4-7-20(14-8-12-5-6-13(9-14)19-12)15-11(2)16(21-3)18-10-17-15/h10,12-14,19H,4-9H2,1-3H3. The normalized spacial score (nSPS) is 27.7. The fourth-order valence-corrected chi connectivity index (χ4v) is 3.90. The lowest BCUT2D eigenvalue weighted by Crippen LogP contribution is -2.49. The van der Waals surface area contributed by atoms with Gasteiger partial charge in [0.2, 0.25) is 5.88 Å². The zero-order chi connectivity index (χ0) is 14.8. The summed E-state index contributed by atoms with van der Waals surface area (Å²) in [4.78, 5) is 11.3. The lowest BCUT2D eigenvalue weighted by atomic mass is 9.97. The summed E-state index contributed by atoms with van der Waals surface area (Å²) in [5.41, 5.74) is 1.05. The van der Waals surface area contributed by atoms with E-state index in [1.165, 1.54) is 25.7 Å². The van der Waals surface area contributed by atoms with Crippen molar-refractivity contribution < 1.29 is 4.74 Å². The molecule has 0 aliphatic carbocycles. The number of hydrogen-bond donors (Lipinski definition) is 1. The van der Waals surface area contributed by atoms with Crippen LogP contribution in [0, 0.1) is 6.92 Å². The van der Waals surface area contributed by atoms with Gasteiger partial charge in [-0.2, -0.15) is 0 Å². The van der Waals surface area contributed by atoms with Gasteiger partial charge in [-0.15, -0.1) is 0 Å². The highest BCUT2D eigenvalue weighted by Crippen LogP contribution is 2.34. The Hall–Kier alpha value is -1.36. The minimum absolute atomic E-state index is 0.585. The smallest absolute Gasteiger partial charge is 0.221 e. The van der Waals surface area contributed by atoms with Crippen LogP contribution in [-0.4, -0.2) is 41.7 Å². The maximum atomic E-state index is 5.37. The summed E-state index contributed by atoms with van der Waals surface area (Å²) in [5, 5.41) is 3.72. The van der Waals surface area contributed by atoms with Gasteiger partial charge in [-0.25, -0.2) is 9.97 Å². The van der Waals surface area contributed by atoms with E-state index in [1.807, 2.05) is 0 Å². The van der Waals surface area contributed by atoms with Crippen molar-refractivity contribution in [2.45, 2.75) is 64.1 Å². The predicted octanol–water partition coefficient (Wildman–Crippen LogP) is 2.29. The molecule has 5 nitrogen and oxygen atoms in total. The van der Waals surface area contributed by atoms with Gasteiger partial charge in [-0.3, -0.25) is 0 Å². The lowest BCUT2D eigenvalue weighted by molar-refractivity contribution is 0.344. The molecule has 0 amide bonds. The van der Waals surface area contributed by atoms with E-state index in [1.54, 1.807) is 13.4 Å². The number of fused-ring (bicyclic) bond motifs is 2. The van der Waals surface area contributed by atoms with Gasteiger partial charge in [-0.05, 0) is 39.0 Å². The highest BCUT2D eigenvalue weighted by Gasteiger charge is 2.36. The first kappa shape index (κ1) is 14.6. The zero-order valence-corrected chi connectivity index (χ0v) is 13.3. The van der Waals surface area contributed by atoms with E-state index < -0.39 is 0 Å². The van der Waals surface area contributed by atoms with Gasteiger partial charge in [0.1, 0.15) is 12.1 Å². The summed E-state index contributed by atoms with van der Waals surface area (Å²) in [7, 11) is 1.67. The van der Waals surface area contributed by atoms with Crippen molar-refractivity contribution >= 4 is 5.82 Å². The topological polar surface area (TPSA) is 50.3 Å². The van der Waals surface area contributed by atoms with Crippen LogP contribution in [0.15, 0.2) is 6.33 Å². The van der Waals surface area contributed by atoms with Crippen LogP contribution in [0.2, 0.25) is 0 Å². The highest BCUT2D eigenvalue weighted by molar-refractivity contribution is 5.51. The van der Waals surface area contributed by atoms with Gasteiger partial charge in [0, 0.05) is 24.7 Å². The van der Waals surface area contributed by atoms with Crippen LogP contribution >= 0.6 is 0 Å². The number of methoxy groups -OCH3 is 1. The van der Waals surface area contributed by atoms with Gasteiger partial charge in [0.15, 0.2) is 0 Å². The molecule has 2 atom stereocenters. The molecule has 0 radical (unpaired) electrons. The largest absolute Gasteiger partial charge is 0.481 e. The Morgan fingerprint density at radius 1 is 1.29 bits per heavy atom. The molecule has 2 unspecified atom stereocenters. The van der Waals surface area contributed by atoms with E-state index in [2.05, 4.69) is 34.0 Å². The molecule has 1 aromatic heterocycles. The molecular weight excluding hydrogens is 264 g/mol. The molecule has 2 bridgehead atoms. The van der Waals surface area contributed by atoms with Crippen molar-refractivity contribution in [3.63, 3.8) is 0 Å². The van der Waals surface area contributed by atoms with E-state index in [4.69, 9.17) is 4.74 Å². The third kappa shape index (κ3) is 2.84. The summed E-state index contributed by atoms with van der Waals surface area (Å²) < 4.78 is 5.37. The molecule has 0 aromatic carbocycles. The summed E-state index contributed by atoms with van der Waals surface area (Å²) in [6, 6.07) is 1.97. The molecule has 1 aromatic rings. The Balaban J connectivity index is 1.87. The second-order valence-electron chi connectivity index (χ2n) is 6.29. The fraction of sp³-hybridized carbons (Fsp3) is 0.750. The second kappa shape index (κ2) is 6.18. The monoisotopic (exact) mass is 290 g/mol. The fourth-order valence-electron chi connectivity index (χ4n) is 3.90. The van der Waals surface area contributed by atoms with Crippen LogP contribution in [0.1, 0.15) is 44.6 Å². The SMILES string of the molecule is CCCN(c1ncnc(OC)c1C)C1CC2CCC(C1)N2. The Morgan fingerprint density at radius 3 is 2.62 bits per heavy atom. The summed E-state index contributed by atoms with van der Waals surface area (Å²) in [6.07, 6.45) is 7.86. The molecule has 2 saturated heterocycles. The molecule has 2 aliphatic rings. The van der Waals surface area contributed by atoms with Crippen LogP contribution in [0.5, 0.6) is 5.88 Å². The van der Waals surface area contributed by atoms with Crippen molar-refractivity contribution in [1.82, 2.24) is 15.3 Å². The molecule has 3 heterocycles. The lowest BCUT2D eigenvalue weighted by Gasteiger charge is -2.39. The zero-order valence-electron chi connectivity index (χ0n) is 13.3. The predicted molar refractivity (Wildman–Crippen MR) is 83.9 cm³/mol. The molecule has 2 aliphatic heterocycles. The summed E-state index contributed by atoms with van der Waals surface area (Å²) in [5.74, 6) is 1.74. The molecule has 3 rings (SSSR count). The van der Waals surface area contributed by atoms with Crippen molar-refractivity contribution in [3.05, 3.63) is 11.9 Å². The molecule has 116 valence electrons. The van der Waals surface area contributed by atoms with Gasteiger partial charge >= 0.3 is 0 Å². The average molecular weight is 290 g/mol. The van der Waals surface area contributed by atoms with Crippen LogP contribution in [0.4, 0.5) is 5.82 Å². The molecule has 1 N–H and O–H groups in total. The number of aromatic nitrogens is 2. The first-order valence-corrected chi connectivity index (χ1v) is 8.11. The third-order valence-corrected chi connectivity index (χ3v) is 4.83. The summed E-state index contributed by atoms with van der Waals surface area (Å²) in [6.45, 7) is 5.34. The molecular formula is C16H26N4O. The molecule has 0 spiro atoms. The Morgan fingerprint density at radius 2 is 2.00 bits per heavy atom. The van der Waals surface area contributed by atoms with E-state index in [9.17, 15) is 0 Å². The van der Waals surface area contributed by atoms with E-state index in [0.717, 1.165) is 24.3 Å². The van der Waals surface area contributed by atoms with Gasteiger partial charge in [0.05, 0.1) is 12.7 Å². The minimum Gasteiger partial charge on any atom is -0.481 e. The van der Waals surface area contributed by atoms with Crippen molar-refractivity contribution in [2.75, 3.05) is 18.6 Å². The average Bonchev–Trinajstić information content (AvgIpc) is 2.84. The number of ether oxygens (including phenoxy) is 1. The second-order valence-corrected chi connectivity index (χ2v) is 6.29. The quantitative estimate of drug-likeness (QED) is 0.901. The van der Waals surface area contributed by atoms with Crippen LogP contribution < -0.4 is 15.0 Å². The van der Waals surface area contributed by atoms with Crippen molar-refractivity contribution in [3.8, 4) is 5.88 Å². The van der Waals surface area contributed by atoms with Crippen LogP contribution in [0.25, 0.3) is 0 Å². The highest BCUT2D eigenvalue weighted by atomic mass is 16.5.